The van der Waals surface area contributed by atoms with Crippen LogP contribution in [0.1, 0.15) is 29.7 Å². The van der Waals surface area contributed by atoms with Crippen molar-refractivity contribution in [2.24, 2.45) is 0 Å². The maximum atomic E-state index is 11.5. The Morgan fingerprint density at radius 2 is 1.88 bits per heavy atom. The van der Waals surface area contributed by atoms with Crippen molar-refractivity contribution >= 4 is 9.84 Å². The third-order valence-corrected chi connectivity index (χ3v) is 4.95. The lowest BCUT2D eigenvalue weighted by molar-refractivity contribution is 0.406. The Labute approximate surface area is 142 Å². The van der Waals surface area contributed by atoms with Crippen molar-refractivity contribution in [2.45, 2.75) is 24.4 Å². The van der Waals surface area contributed by atoms with Crippen molar-refractivity contribution in [3.8, 4) is 11.8 Å². The van der Waals surface area contributed by atoms with Gasteiger partial charge in [0.15, 0.2) is 9.84 Å². The molecular formula is C18H20N2O3S. The molecule has 0 aliphatic rings. The topological polar surface area (TPSA) is 79.2 Å². The first-order valence-electron chi connectivity index (χ1n) is 7.45. The Bertz CT molecular complexity index is 853. The van der Waals surface area contributed by atoms with E-state index in [0.717, 1.165) is 11.1 Å². The van der Waals surface area contributed by atoms with Crippen LogP contribution >= 0.6 is 0 Å². The number of ether oxygens (including phenoxy) is 1. The second kappa shape index (κ2) is 7.47. The van der Waals surface area contributed by atoms with Crippen molar-refractivity contribution in [2.75, 3.05) is 13.4 Å². The summed E-state index contributed by atoms with van der Waals surface area (Å²) in [6, 6.07) is 14.3. The van der Waals surface area contributed by atoms with Gasteiger partial charge >= 0.3 is 0 Å². The number of nitriles is 1. The lowest BCUT2D eigenvalue weighted by atomic mass is 10.1. The molecule has 2 aromatic rings. The summed E-state index contributed by atoms with van der Waals surface area (Å²) < 4.78 is 28.3. The summed E-state index contributed by atoms with van der Waals surface area (Å²) >= 11 is 0. The highest BCUT2D eigenvalue weighted by Gasteiger charge is 2.11. The minimum atomic E-state index is -3.18. The fourth-order valence-electron chi connectivity index (χ4n) is 2.34. The van der Waals surface area contributed by atoms with Gasteiger partial charge in [-0.2, -0.15) is 5.26 Å². The van der Waals surface area contributed by atoms with Crippen molar-refractivity contribution in [3.05, 3.63) is 59.2 Å². The van der Waals surface area contributed by atoms with Gasteiger partial charge < -0.3 is 10.1 Å². The van der Waals surface area contributed by atoms with E-state index in [4.69, 9.17) is 10.00 Å². The summed E-state index contributed by atoms with van der Waals surface area (Å²) in [5.41, 5.74) is 2.51. The van der Waals surface area contributed by atoms with Crippen molar-refractivity contribution in [3.63, 3.8) is 0 Å². The van der Waals surface area contributed by atoms with Gasteiger partial charge in [0.25, 0.3) is 0 Å². The van der Waals surface area contributed by atoms with Gasteiger partial charge in [-0.3, -0.25) is 0 Å². The van der Waals surface area contributed by atoms with Crippen LogP contribution in [-0.2, 0) is 16.4 Å². The smallest absolute Gasteiger partial charge is 0.175 e. The normalized spacial score (nSPS) is 12.4. The molecule has 0 fully saturated rings. The molecular weight excluding hydrogens is 324 g/mol. The predicted octanol–water partition coefficient (Wildman–Crippen LogP) is 2.82. The van der Waals surface area contributed by atoms with Crippen molar-refractivity contribution in [1.82, 2.24) is 5.32 Å². The molecule has 0 aliphatic heterocycles. The molecule has 0 amide bonds. The molecule has 0 aliphatic carbocycles. The minimum absolute atomic E-state index is 0.0407. The zero-order valence-electron chi connectivity index (χ0n) is 13.9. The highest BCUT2D eigenvalue weighted by molar-refractivity contribution is 7.90. The lowest BCUT2D eigenvalue weighted by Crippen LogP contribution is -2.18. The summed E-state index contributed by atoms with van der Waals surface area (Å²) in [7, 11) is -1.60. The number of nitrogens with one attached hydrogen (secondary N) is 1. The Kier molecular flexibility index (Phi) is 5.60. The molecule has 24 heavy (non-hydrogen) atoms. The van der Waals surface area contributed by atoms with Crippen LogP contribution < -0.4 is 10.1 Å². The number of rotatable bonds is 6. The molecule has 0 saturated carbocycles. The number of benzene rings is 2. The molecule has 0 radical (unpaired) electrons. The van der Waals surface area contributed by atoms with E-state index in [0.29, 0.717) is 22.8 Å². The first-order valence-corrected chi connectivity index (χ1v) is 9.34. The summed E-state index contributed by atoms with van der Waals surface area (Å²) in [5.74, 6) is 0.668. The summed E-state index contributed by atoms with van der Waals surface area (Å²) in [4.78, 5) is 0.312. The Balaban J connectivity index is 2.08. The Morgan fingerprint density at radius 3 is 2.42 bits per heavy atom. The van der Waals surface area contributed by atoms with Crippen LogP contribution in [-0.4, -0.2) is 21.8 Å². The molecule has 0 saturated heterocycles. The highest BCUT2D eigenvalue weighted by Crippen LogP contribution is 2.22. The standard InChI is InChI=1S/C18H20N2O3S/c1-13(15-6-8-17(9-7-15)24(3,21)22)20-12-16-5-4-14(11-19)10-18(16)23-2/h4-10,13,20H,12H2,1-3H3/t13-/m1/s1. The molecule has 5 nitrogen and oxygen atoms in total. The van der Waals surface area contributed by atoms with E-state index in [1.807, 2.05) is 25.1 Å². The van der Waals surface area contributed by atoms with Crippen LogP contribution in [0.15, 0.2) is 47.4 Å². The fraction of sp³-hybridized carbons (Fsp3) is 0.278. The Morgan fingerprint density at radius 1 is 1.21 bits per heavy atom. The summed E-state index contributed by atoms with van der Waals surface area (Å²) in [5, 5.41) is 12.3. The van der Waals surface area contributed by atoms with E-state index in [-0.39, 0.29) is 6.04 Å². The van der Waals surface area contributed by atoms with E-state index in [1.165, 1.54) is 6.26 Å². The van der Waals surface area contributed by atoms with E-state index in [1.54, 1.807) is 31.4 Å². The molecule has 0 spiro atoms. The van der Waals surface area contributed by atoms with E-state index >= 15 is 0 Å². The van der Waals surface area contributed by atoms with Gasteiger partial charge in [0.05, 0.1) is 23.6 Å². The lowest BCUT2D eigenvalue weighted by Gasteiger charge is -2.16. The first-order chi connectivity index (χ1) is 11.3. The molecule has 1 N–H and O–H groups in total. The number of hydrogen-bond acceptors (Lipinski definition) is 5. The third-order valence-electron chi connectivity index (χ3n) is 3.82. The number of methoxy groups -OCH3 is 1. The minimum Gasteiger partial charge on any atom is -0.496 e. The van der Waals surface area contributed by atoms with Crippen molar-refractivity contribution < 1.29 is 13.2 Å². The zero-order chi connectivity index (χ0) is 17.7. The van der Waals surface area contributed by atoms with Crippen LogP contribution in [0.4, 0.5) is 0 Å². The van der Waals surface area contributed by atoms with Gasteiger partial charge in [-0.15, -0.1) is 0 Å². The van der Waals surface area contributed by atoms with E-state index in [9.17, 15) is 8.42 Å². The van der Waals surface area contributed by atoms with Gasteiger partial charge in [0, 0.05) is 24.4 Å². The van der Waals surface area contributed by atoms with Crippen molar-refractivity contribution in [1.29, 1.82) is 5.26 Å². The summed E-state index contributed by atoms with van der Waals surface area (Å²) in [6.07, 6.45) is 1.20. The molecule has 0 bridgehead atoms. The van der Waals surface area contributed by atoms with Crippen LogP contribution in [0, 0.1) is 11.3 Å². The van der Waals surface area contributed by atoms with Gasteiger partial charge in [-0.1, -0.05) is 18.2 Å². The fourth-order valence-corrected chi connectivity index (χ4v) is 2.98. The average molecular weight is 344 g/mol. The van der Waals surface area contributed by atoms with Crippen LogP contribution in [0.3, 0.4) is 0 Å². The molecule has 126 valence electrons. The maximum absolute atomic E-state index is 11.5. The number of nitrogens with zero attached hydrogens (tertiary/aromatic N) is 1. The quantitative estimate of drug-likeness (QED) is 0.872. The van der Waals surface area contributed by atoms with Crippen LogP contribution in [0.2, 0.25) is 0 Å². The number of sulfone groups is 1. The SMILES string of the molecule is COc1cc(C#N)ccc1CN[C@H](C)c1ccc(S(C)(=O)=O)cc1. The molecule has 1 atom stereocenters. The zero-order valence-corrected chi connectivity index (χ0v) is 14.7. The molecule has 0 unspecified atom stereocenters. The first kappa shape index (κ1) is 18.0. The molecule has 6 heteroatoms. The molecule has 0 aromatic heterocycles. The van der Waals surface area contributed by atoms with Gasteiger partial charge in [-0.25, -0.2) is 8.42 Å². The summed E-state index contributed by atoms with van der Waals surface area (Å²) in [6.45, 7) is 2.58. The molecule has 0 heterocycles. The van der Waals surface area contributed by atoms with Gasteiger partial charge in [-0.05, 0) is 36.8 Å². The molecule has 2 rings (SSSR count). The van der Waals surface area contributed by atoms with Crippen LogP contribution in [0.5, 0.6) is 5.75 Å². The Hall–Kier alpha value is -2.36. The number of hydrogen-bond donors (Lipinski definition) is 1. The van der Waals surface area contributed by atoms with Gasteiger partial charge in [0.1, 0.15) is 5.75 Å². The average Bonchev–Trinajstić information content (AvgIpc) is 2.58. The largest absolute Gasteiger partial charge is 0.496 e. The van der Waals surface area contributed by atoms with Crippen LogP contribution in [0.25, 0.3) is 0 Å². The maximum Gasteiger partial charge on any atom is 0.175 e. The molecule has 2 aromatic carbocycles. The monoisotopic (exact) mass is 344 g/mol. The second-order valence-corrected chi connectivity index (χ2v) is 7.60. The highest BCUT2D eigenvalue weighted by atomic mass is 32.2. The van der Waals surface area contributed by atoms with Gasteiger partial charge in [0.2, 0.25) is 0 Å². The third kappa shape index (κ3) is 4.34. The second-order valence-electron chi connectivity index (χ2n) is 5.58. The predicted molar refractivity (Wildman–Crippen MR) is 92.5 cm³/mol. The van der Waals surface area contributed by atoms with E-state index in [2.05, 4.69) is 11.4 Å². The van der Waals surface area contributed by atoms with E-state index < -0.39 is 9.84 Å².